The average Bonchev–Trinajstić information content (AvgIpc) is 2.32. The van der Waals surface area contributed by atoms with Crippen LogP contribution >= 0.6 is 0 Å². The predicted molar refractivity (Wildman–Crippen MR) is 65.5 cm³/mol. The van der Waals surface area contributed by atoms with Crippen molar-refractivity contribution in [1.82, 2.24) is 9.97 Å². The summed E-state index contributed by atoms with van der Waals surface area (Å²) >= 11 is 0. The van der Waals surface area contributed by atoms with Gasteiger partial charge in [0.05, 0.1) is 5.56 Å². The molecule has 5 nitrogen and oxygen atoms in total. The summed E-state index contributed by atoms with van der Waals surface area (Å²) in [6.07, 6.45) is 2.83. The Kier molecular flexibility index (Phi) is 3.18. The number of nitrogen functional groups attached to an aromatic ring is 1. The van der Waals surface area contributed by atoms with Gasteiger partial charge in [-0.2, -0.15) is 0 Å². The second-order valence-corrected chi connectivity index (χ2v) is 3.73. The molecule has 0 aliphatic rings. The Morgan fingerprint density at radius 2 is 2.06 bits per heavy atom. The molecule has 0 atom stereocenters. The van der Waals surface area contributed by atoms with Gasteiger partial charge in [-0.1, -0.05) is 0 Å². The topological polar surface area (TPSA) is 80.9 Å². The quantitative estimate of drug-likeness (QED) is 0.846. The van der Waals surface area contributed by atoms with Gasteiger partial charge in [0.15, 0.2) is 11.6 Å². The molecule has 2 rings (SSSR count). The van der Waals surface area contributed by atoms with Crippen molar-refractivity contribution in [1.29, 1.82) is 0 Å². The zero-order valence-electron chi connectivity index (χ0n) is 9.64. The van der Waals surface area contributed by atoms with Gasteiger partial charge >= 0.3 is 0 Å². The fourth-order valence-electron chi connectivity index (χ4n) is 1.42. The summed E-state index contributed by atoms with van der Waals surface area (Å²) in [5.41, 5.74) is 6.07. The van der Waals surface area contributed by atoms with E-state index in [1.165, 1.54) is 12.3 Å². The number of halogens is 1. The van der Waals surface area contributed by atoms with E-state index in [9.17, 15) is 9.18 Å². The van der Waals surface area contributed by atoms with Crippen LogP contribution in [-0.2, 0) is 0 Å². The highest BCUT2D eigenvalue weighted by Crippen LogP contribution is 2.14. The molecule has 2 heterocycles. The van der Waals surface area contributed by atoms with E-state index in [2.05, 4.69) is 15.3 Å². The Morgan fingerprint density at radius 3 is 2.78 bits per heavy atom. The van der Waals surface area contributed by atoms with Crippen molar-refractivity contribution in [2.75, 3.05) is 11.1 Å². The number of hydrogen-bond donors (Lipinski definition) is 2. The van der Waals surface area contributed by atoms with Gasteiger partial charge in [-0.05, 0) is 30.7 Å². The van der Waals surface area contributed by atoms with Crippen molar-refractivity contribution in [3.05, 3.63) is 47.5 Å². The number of carbonyl (C=O) groups is 1. The van der Waals surface area contributed by atoms with E-state index in [1.54, 1.807) is 18.3 Å². The summed E-state index contributed by atoms with van der Waals surface area (Å²) in [7, 11) is 0. The molecule has 0 bridgehead atoms. The Labute approximate surface area is 103 Å². The molecule has 0 saturated carbocycles. The second-order valence-electron chi connectivity index (χ2n) is 3.73. The van der Waals surface area contributed by atoms with E-state index in [1.807, 2.05) is 6.92 Å². The van der Waals surface area contributed by atoms with Crippen LogP contribution in [0.4, 0.5) is 16.0 Å². The fraction of sp³-hybridized carbons (Fsp3) is 0.0833. The van der Waals surface area contributed by atoms with Crippen LogP contribution in [0.5, 0.6) is 0 Å². The molecule has 0 aromatic carbocycles. The first kappa shape index (κ1) is 12.0. The third kappa shape index (κ3) is 2.42. The number of rotatable bonds is 2. The van der Waals surface area contributed by atoms with Crippen LogP contribution < -0.4 is 11.1 Å². The van der Waals surface area contributed by atoms with Crippen LogP contribution in [-0.4, -0.2) is 15.9 Å². The number of pyridine rings is 2. The third-order valence-corrected chi connectivity index (χ3v) is 2.32. The maximum Gasteiger partial charge on any atom is 0.259 e. The maximum absolute atomic E-state index is 13.6. The van der Waals surface area contributed by atoms with E-state index < -0.39 is 11.7 Å². The molecule has 0 aliphatic heterocycles. The largest absolute Gasteiger partial charge is 0.381 e. The first-order valence-corrected chi connectivity index (χ1v) is 5.22. The Morgan fingerprint density at radius 1 is 1.33 bits per heavy atom. The van der Waals surface area contributed by atoms with Crippen LogP contribution in [0.15, 0.2) is 30.6 Å². The lowest BCUT2D eigenvalue weighted by Crippen LogP contribution is -2.16. The van der Waals surface area contributed by atoms with Crippen molar-refractivity contribution >= 4 is 17.5 Å². The molecular formula is C12H11FN4O. The van der Waals surface area contributed by atoms with E-state index in [0.29, 0.717) is 5.82 Å². The molecule has 0 aliphatic carbocycles. The summed E-state index contributed by atoms with van der Waals surface area (Å²) in [6.45, 7) is 1.86. The minimum absolute atomic E-state index is 0.161. The Balaban J connectivity index is 2.25. The lowest BCUT2D eigenvalue weighted by molar-refractivity contribution is 0.102. The third-order valence-electron chi connectivity index (χ3n) is 2.32. The van der Waals surface area contributed by atoms with E-state index >= 15 is 0 Å². The number of hydrogen-bond acceptors (Lipinski definition) is 4. The van der Waals surface area contributed by atoms with Gasteiger partial charge in [0.2, 0.25) is 0 Å². The molecule has 0 saturated heterocycles. The number of nitrogens with one attached hydrogen (secondary N) is 1. The normalized spacial score (nSPS) is 10.1. The lowest BCUT2D eigenvalue weighted by atomic mass is 10.2. The van der Waals surface area contributed by atoms with Crippen molar-refractivity contribution < 1.29 is 9.18 Å². The SMILES string of the molecule is Cc1ccnc(NC(=O)c2ccnc(N)c2F)c1. The van der Waals surface area contributed by atoms with Crippen molar-refractivity contribution in [2.45, 2.75) is 6.92 Å². The molecule has 2 aromatic heterocycles. The molecule has 18 heavy (non-hydrogen) atoms. The molecule has 3 N–H and O–H groups in total. The second kappa shape index (κ2) is 4.79. The highest BCUT2D eigenvalue weighted by atomic mass is 19.1. The van der Waals surface area contributed by atoms with E-state index in [4.69, 9.17) is 5.73 Å². The van der Waals surface area contributed by atoms with Crippen molar-refractivity contribution in [3.63, 3.8) is 0 Å². The summed E-state index contributed by atoms with van der Waals surface area (Å²) in [5.74, 6) is -1.39. The number of anilines is 2. The van der Waals surface area contributed by atoms with Crippen LogP contribution in [0.1, 0.15) is 15.9 Å². The molecule has 1 amide bonds. The van der Waals surface area contributed by atoms with Crippen LogP contribution in [0.2, 0.25) is 0 Å². The predicted octanol–water partition coefficient (Wildman–Crippen LogP) is 1.76. The number of carbonyl (C=O) groups excluding carboxylic acids is 1. The summed E-state index contributed by atoms with van der Waals surface area (Å²) in [6, 6.07) is 4.73. The molecule has 92 valence electrons. The molecule has 0 unspecified atom stereocenters. The van der Waals surface area contributed by atoms with Gasteiger partial charge in [0.1, 0.15) is 5.82 Å². The first-order chi connectivity index (χ1) is 8.58. The van der Waals surface area contributed by atoms with Gasteiger partial charge < -0.3 is 11.1 Å². The molecule has 0 spiro atoms. The van der Waals surface area contributed by atoms with Crippen LogP contribution in [0, 0.1) is 12.7 Å². The van der Waals surface area contributed by atoms with Crippen LogP contribution in [0.25, 0.3) is 0 Å². The summed E-state index contributed by atoms with van der Waals surface area (Å²) in [5, 5.41) is 2.49. The zero-order valence-corrected chi connectivity index (χ0v) is 9.64. The highest BCUT2D eigenvalue weighted by molar-refractivity contribution is 6.04. The molecule has 0 fully saturated rings. The fourth-order valence-corrected chi connectivity index (χ4v) is 1.42. The standard InChI is InChI=1S/C12H11FN4O/c1-7-2-4-15-9(6-7)17-12(18)8-3-5-16-11(14)10(8)13/h2-6H,1H3,(H2,14,16)(H,15,17,18). The number of nitrogens with two attached hydrogens (primary N) is 1. The molecule has 6 heteroatoms. The minimum Gasteiger partial charge on any atom is -0.381 e. The number of nitrogens with zero attached hydrogens (tertiary/aromatic N) is 2. The minimum atomic E-state index is -0.831. The summed E-state index contributed by atoms with van der Waals surface area (Å²) < 4.78 is 13.6. The van der Waals surface area contributed by atoms with Gasteiger partial charge in [-0.3, -0.25) is 4.79 Å². The van der Waals surface area contributed by atoms with E-state index in [-0.39, 0.29) is 11.4 Å². The van der Waals surface area contributed by atoms with Crippen LogP contribution in [0.3, 0.4) is 0 Å². The maximum atomic E-state index is 13.6. The molecule has 2 aromatic rings. The lowest BCUT2D eigenvalue weighted by Gasteiger charge is -2.06. The average molecular weight is 246 g/mol. The van der Waals surface area contributed by atoms with Gasteiger partial charge in [0, 0.05) is 12.4 Å². The summed E-state index contributed by atoms with van der Waals surface area (Å²) in [4.78, 5) is 19.3. The first-order valence-electron chi connectivity index (χ1n) is 5.22. The number of amides is 1. The van der Waals surface area contributed by atoms with Gasteiger partial charge in [-0.15, -0.1) is 0 Å². The van der Waals surface area contributed by atoms with E-state index in [0.717, 1.165) is 5.56 Å². The van der Waals surface area contributed by atoms with Gasteiger partial charge in [-0.25, -0.2) is 14.4 Å². The number of aryl methyl sites for hydroxylation is 1. The molecular weight excluding hydrogens is 235 g/mol. The van der Waals surface area contributed by atoms with Gasteiger partial charge in [0.25, 0.3) is 5.91 Å². The number of aromatic nitrogens is 2. The monoisotopic (exact) mass is 246 g/mol. The smallest absolute Gasteiger partial charge is 0.259 e. The molecule has 0 radical (unpaired) electrons. The van der Waals surface area contributed by atoms with Crippen molar-refractivity contribution in [3.8, 4) is 0 Å². The highest BCUT2D eigenvalue weighted by Gasteiger charge is 2.14. The Bertz CT molecular complexity index is 600. The zero-order chi connectivity index (χ0) is 13.1. The van der Waals surface area contributed by atoms with Crippen molar-refractivity contribution in [2.24, 2.45) is 0 Å². The Hall–Kier alpha value is -2.50.